The summed E-state index contributed by atoms with van der Waals surface area (Å²) in [5, 5.41) is 3.77. The van der Waals surface area contributed by atoms with Crippen LogP contribution in [-0.4, -0.2) is 59.9 Å². The number of carbonyl (C=O) groups excluding carboxylic acids is 1. The van der Waals surface area contributed by atoms with Crippen LogP contribution in [0.4, 0.5) is 0 Å². The molecule has 0 radical (unpaired) electrons. The second-order valence-corrected chi connectivity index (χ2v) is 10.8. The molecular formula is C20H27N3O5S2. The van der Waals surface area contributed by atoms with Crippen LogP contribution in [0.5, 0.6) is 0 Å². The number of sulfone groups is 1. The SMILES string of the molecule is CC(C)OCCCn1c(SCC(=O)NC2CCS(=O)(=O)C2)nc2ccccc2c1=O. The monoisotopic (exact) mass is 453 g/mol. The topological polar surface area (TPSA) is 107 Å². The first-order valence-electron chi connectivity index (χ1n) is 9.99. The van der Waals surface area contributed by atoms with Crippen LogP contribution in [0.3, 0.4) is 0 Å². The van der Waals surface area contributed by atoms with Gasteiger partial charge in [0.15, 0.2) is 15.0 Å². The van der Waals surface area contributed by atoms with E-state index in [4.69, 9.17) is 4.74 Å². The van der Waals surface area contributed by atoms with Crippen LogP contribution in [0.15, 0.2) is 34.2 Å². The largest absolute Gasteiger partial charge is 0.379 e. The molecule has 1 N–H and O–H groups in total. The molecule has 0 bridgehead atoms. The summed E-state index contributed by atoms with van der Waals surface area (Å²) >= 11 is 1.18. The van der Waals surface area contributed by atoms with E-state index >= 15 is 0 Å². The minimum atomic E-state index is -3.06. The summed E-state index contributed by atoms with van der Waals surface area (Å²) in [5.41, 5.74) is 0.442. The van der Waals surface area contributed by atoms with Crippen molar-refractivity contribution in [1.29, 1.82) is 0 Å². The van der Waals surface area contributed by atoms with Crippen LogP contribution >= 0.6 is 11.8 Å². The van der Waals surface area contributed by atoms with Crippen LogP contribution in [-0.2, 0) is 25.9 Å². The number of nitrogens with zero attached hydrogens (tertiary/aromatic N) is 2. The Morgan fingerprint density at radius 2 is 2.13 bits per heavy atom. The second kappa shape index (κ2) is 9.93. The number of benzene rings is 1. The van der Waals surface area contributed by atoms with Gasteiger partial charge >= 0.3 is 0 Å². The highest BCUT2D eigenvalue weighted by atomic mass is 32.2. The van der Waals surface area contributed by atoms with Gasteiger partial charge in [-0.25, -0.2) is 13.4 Å². The first-order valence-corrected chi connectivity index (χ1v) is 12.8. The maximum Gasteiger partial charge on any atom is 0.262 e. The average Bonchev–Trinajstić information content (AvgIpc) is 3.03. The smallest absolute Gasteiger partial charge is 0.262 e. The van der Waals surface area contributed by atoms with Gasteiger partial charge in [0.05, 0.1) is 34.3 Å². The molecule has 1 atom stereocenters. The second-order valence-electron chi connectivity index (χ2n) is 7.60. The summed E-state index contributed by atoms with van der Waals surface area (Å²) in [5.74, 6) is -0.115. The fourth-order valence-corrected chi connectivity index (χ4v) is 5.81. The van der Waals surface area contributed by atoms with E-state index in [1.807, 2.05) is 19.9 Å². The lowest BCUT2D eigenvalue weighted by molar-refractivity contribution is -0.119. The van der Waals surface area contributed by atoms with Crippen molar-refractivity contribution in [1.82, 2.24) is 14.9 Å². The van der Waals surface area contributed by atoms with Crippen LogP contribution in [0.2, 0.25) is 0 Å². The number of hydrogen-bond acceptors (Lipinski definition) is 7. The molecule has 0 spiro atoms. The van der Waals surface area contributed by atoms with Crippen molar-refractivity contribution in [3.8, 4) is 0 Å². The molecule has 1 fully saturated rings. The molecule has 1 aliphatic rings. The predicted molar refractivity (Wildman–Crippen MR) is 118 cm³/mol. The first kappa shape index (κ1) is 22.8. The summed E-state index contributed by atoms with van der Waals surface area (Å²) in [6.07, 6.45) is 1.21. The van der Waals surface area contributed by atoms with Crippen LogP contribution in [0, 0.1) is 0 Å². The van der Waals surface area contributed by atoms with Crippen LogP contribution < -0.4 is 10.9 Å². The van der Waals surface area contributed by atoms with E-state index in [2.05, 4.69) is 10.3 Å². The van der Waals surface area contributed by atoms with Crippen molar-refractivity contribution in [2.45, 2.75) is 50.5 Å². The van der Waals surface area contributed by atoms with E-state index < -0.39 is 9.84 Å². The third-order valence-corrected chi connectivity index (χ3v) is 7.48. The van der Waals surface area contributed by atoms with Gasteiger partial charge in [-0.05, 0) is 38.8 Å². The lowest BCUT2D eigenvalue weighted by Gasteiger charge is -2.15. The molecule has 8 nitrogen and oxygen atoms in total. The van der Waals surface area contributed by atoms with E-state index in [0.717, 1.165) is 0 Å². The zero-order valence-electron chi connectivity index (χ0n) is 17.2. The van der Waals surface area contributed by atoms with Gasteiger partial charge in [-0.15, -0.1) is 0 Å². The number of nitrogens with one attached hydrogen (secondary N) is 1. The molecule has 0 saturated carbocycles. The molecule has 1 aromatic heterocycles. The summed E-state index contributed by atoms with van der Waals surface area (Å²) < 4.78 is 30.3. The molecule has 3 rings (SSSR count). The third-order valence-electron chi connectivity index (χ3n) is 4.73. The molecule has 2 aromatic rings. The highest BCUT2D eigenvalue weighted by Gasteiger charge is 2.28. The van der Waals surface area contributed by atoms with Gasteiger partial charge in [0, 0.05) is 19.2 Å². The Hall–Kier alpha value is -1.91. The molecular weight excluding hydrogens is 426 g/mol. The number of para-hydroxylation sites is 1. The molecule has 0 aliphatic carbocycles. The van der Waals surface area contributed by atoms with Gasteiger partial charge < -0.3 is 10.1 Å². The lowest BCUT2D eigenvalue weighted by Crippen LogP contribution is -2.36. The number of carbonyl (C=O) groups is 1. The lowest BCUT2D eigenvalue weighted by atomic mass is 10.2. The Morgan fingerprint density at radius 3 is 2.83 bits per heavy atom. The van der Waals surface area contributed by atoms with E-state index in [1.54, 1.807) is 22.8 Å². The molecule has 164 valence electrons. The van der Waals surface area contributed by atoms with E-state index in [0.29, 0.717) is 42.1 Å². The normalized spacial score (nSPS) is 18.2. The molecule has 1 aliphatic heterocycles. The number of fused-ring (bicyclic) bond motifs is 1. The average molecular weight is 454 g/mol. The standard InChI is InChI=1S/C20H27N3O5S2/c1-14(2)28-10-5-9-23-19(25)16-6-3-4-7-17(16)22-20(23)29-12-18(24)21-15-8-11-30(26,27)13-15/h3-4,6-7,14-15H,5,8-13H2,1-2H3,(H,21,24). The number of aromatic nitrogens is 2. The zero-order chi connectivity index (χ0) is 21.7. The highest BCUT2D eigenvalue weighted by Crippen LogP contribution is 2.19. The van der Waals surface area contributed by atoms with Gasteiger partial charge in [0.25, 0.3) is 5.56 Å². The molecule has 10 heteroatoms. The summed E-state index contributed by atoms with van der Waals surface area (Å²) in [4.78, 5) is 29.9. The van der Waals surface area contributed by atoms with Gasteiger partial charge in [-0.2, -0.15) is 0 Å². The maximum absolute atomic E-state index is 13.0. The third kappa shape index (κ3) is 6.05. The molecule has 2 heterocycles. The Labute approximate surface area is 180 Å². The van der Waals surface area contributed by atoms with E-state index in [9.17, 15) is 18.0 Å². The number of amides is 1. The van der Waals surface area contributed by atoms with E-state index in [-0.39, 0.29) is 40.9 Å². The van der Waals surface area contributed by atoms with Crippen molar-refractivity contribution in [2.24, 2.45) is 0 Å². The maximum atomic E-state index is 13.0. The summed E-state index contributed by atoms with van der Waals surface area (Å²) in [7, 11) is -3.06. The number of hydrogen-bond donors (Lipinski definition) is 1. The minimum absolute atomic E-state index is 0.0157. The molecule has 1 aromatic carbocycles. The first-order chi connectivity index (χ1) is 14.2. The zero-order valence-corrected chi connectivity index (χ0v) is 18.8. The van der Waals surface area contributed by atoms with Crippen molar-refractivity contribution in [2.75, 3.05) is 23.9 Å². The van der Waals surface area contributed by atoms with Gasteiger partial charge in [0.2, 0.25) is 5.91 Å². The predicted octanol–water partition coefficient (Wildman–Crippen LogP) is 1.61. The molecule has 1 saturated heterocycles. The number of ether oxygens (including phenoxy) is 1. The molecule has 30 heavy (non-hydrogen) atoms. The highest BCUT2D eigenvalue weighted by molar-refractivity contribution is 7.99. The van der Waals surface area contributed by atoms with Gasteiger partial charge in [0.1, 0.15) is 0 Å². The molecule has 1 unspecified atom stereocenters. The van der Waals surface area contributed by atoms with Crippen molar-refractivity contribution >= 4 is 38.4 Å². The van der Waals surface area contributed by atoms with Gasteiger partial charge in [-0.1, -0.05) is 23.9 Å². The number of thioether (sulfide) groups is 1. The van der Waals surface area contributed by atoms with Crippen LogP contribution in [0.1, 0.15) is 26.7 Å². The minimum Gasteiger partial charge on any atom is -0.379 e. The number of rotatable bonds is 9. The summed E-state index contributed by atoms with van der Waals surface area (Å²) in [6.45, 7) is 4.88. The van der Waals surface area contributed by atoms with Gasteiger partial charge in [-0.3, -0.25) is 14.2 Å². The fraction of sp³-hybridized carbons (Fsp3) is 0.550. The quantitative estimate of drug-likeness (QED) is 0.349. The van der Waals surface area contributed by atoms with Crippen molar-refractivity contribution in [3.05, 3.63) is 34.6 Å². The Morgan fingerprint density at radius 1 is 1.37 bits per heavy atom. The Bertz CT molecular complexity index is 1070. The summed E-state index contributed by atoms with van der Waals surface area (Å²) in [6, 6.07) is 6.79. The van der Waals surface area contributed by atoms with Crippen molar-refractivity contribution < 1.29 is 17.9 Å². The Kier molecular flexibility index (Phi) is 7.54. The van der Waals surface area contributed by atoms with Crippen molar-refractivity contribution in [3.63, 3.8) is 0 Å². The Balaban J connectivity index is 1.71. The molecule has 1 amide bonds. The fourth-order valence-electron chi connectivity index (χ4n) is 3.31. The van der Waals surface area contributed by atoms with Crippen LogP contribution in [0.25, 0.3) is 10.9 Å². The van der Waals surface area contributed by atoms with E-state index in [1.165, 1.54) is 11.8 Å².